The second-order valence-electron chi connectivity index (χ2n) is 5.33. The maximum Gasteiger partial charge on any atom is 0.255 e. The number of ether oxygens (including phenoxy) is 2. The summed E-state index contributed by atoms with van der Waals surface area (Å²) in [5.74, 6) is 1.28. The van der Waals surface area contributed by atoms with Crippen LogP contribution in [0.25, 0.3) is 0 Å². The highest BCUT2D eigenvalue weighted by Gasteiger charge is 2.19. The molecule has 1 aliphatic carbocycles. The van der Waals surface area contributed by atoms with Crippen molar-refractivity contribution >= 4 is 5.91 Å². The summed E-state index contributed by atoms with van der Waals surface area (Å²) in [6, 6.07) is 5.70. The fourth-order valence-electron chi connectivity index (χ4n) is 2.73. The van der Waals surface area contributed by atoms with Crippen molar-refractivity contribution in [3.05, 3.63) is 23.8 Å². The van der Waals surface area contributed by atoms with Crippen LogP contribution in [0.4, 0.5) is 0 Å². The molecule has 0 saturated heterocycles. The van der Waals surface area contributed by atoms with Crippen molar-refractivity contribution in [3.8, 4) is 11.5 Å². The van der Waals surface area contributed by atoms with Gasteiger partial charge >= 0.3 is 0 Å². The standard InChI is InChI=1S/C17H25NO3/c1-3-20-14-10-11-15(16(12-14)21-4-2)17(19)18-13-8-6-5-7-9-13/h10-13H,3-9H2,1-2H3,(H,18,19). The van der Waals surface area contributed by atoms with Gasteiger partial charge in [0.15, 0.2) is 0 Å². The molecule has 0 atom stereocenters. The Bertz CT molecular complexity index is 467. The first kappa shape index (κ1) is 15.7. The average Bonchev–Trinajstić information content (AvgIpc) is 2.49. The highest BCUT2D eigenvalue weighted by molar-refractivity contribution is 5.97. The van der Waals surface area contributed by atoms with Crippen LogP contribution in [0, 0.1) is 0 Å². The number of carbonyl (C=O) groups excluding carboxylic acids is 1. The lowest BCUT2D eigenvalue weighted by atomic mass is 9.95. The topological polar surface area (TPSA) is 47.6 Å². The van der Waals surface area contributed by atoms with Gasteiger partial charge in [-0.05, 0) is 38.8 Å². The molecule has 0 heterocycles. The van der Waals surface area contributed by atoms with E-state index in [2.05, 4.69) is 5.32 Å². The summed E-state index contributed by atoms with van der Waals surface area (Å²) >= 11 is 0. The van der Waals surface area contributed by atoms with Gasteiger partial charge in [0.1, 0.15) is 11.5 Å². The molecule has 0 aromatic heterocycles. The predicted molar refractivity (Wildman–Crippen MR) is 83.1 cm³/mol. The predicted octanol–water partition coefficient (Wildman–Crippen LogP) is 3.55. The van der Waals surface area contributed by atoms with Gasteiger partial charge in [-0.1, -0.05) is 19.3 Å². The second-order valence-corrected chi connectivity index (χ2v) is 5.33. The Balaban J connectivity index is 2.10. The van der Waals surface area contributed by atoms with Gasteiger partial charge in [0.2, 0.25) is 0 Å². The molecule has 0 aliphatic heterocycles. The van der Waals surface area contributed by atoms with Crippen LogP contribution in [0.5, 0.6) is 11.5 Å². The van der Waals surface area contributed by atoms with Gasteiger partial charge in [-0.15, -0.1) is 0 Å². The Hall–Kier alpha value is -1.71. The van der Waals surface area contributed by atoms with Crippen molar-refractivity contribution in [3.63, 3.8) is 0 Å². The Kier molecular flexibility index (Phi) is 5.90. The lowest BCUT2D eigenvalue weighted by Crippen LogP contribution is -2.36. The van der Waals surface area contributed by atoms with Crippen LogP contribution in [0.15, 0.2) is 18.2 Å². The van der Waals surface area contributed by atoms with Crippen molar-refractivity contribution in [1.82, 2.24) is 5.32 Å². The van der Waals surface area contributed by atoms with E-state index >= 15 is 0 Å². The molecule has 1 amide bonds. The summed E-state index contributed by atoms with van der Waals surface area (Å²) in [5.41, 5.74) is 0.589. The number of rotatable bonds is 6. The number of benzene rings is 1. The van der Waals surface area contributed by atoms with Crippen molar-refractivity contribution < 1.29 is 14.3 Å². The molecule has 2 rings (SSSR count). The van der Waals surface area contributed by atoms with Crippen LogP contribution in [-0.4, -0.2) is 25.2 Å². The first-order chi connectivity index (χ1) is 10.2. The quantitative estimate of drug-likeness (QED) is 0.872. The molecule has 4 nitrogen and oxygen atoms in total. The number of nitrogens with one attached hydrogen (secondary N) is 1. The van der Waals surface area contributed by atoms with E-state index in [4.69, 9.17) is 9.47 Å². The van der Waals surface area contributed by atoms with Gasteiger partial charge in [-0.3, -0.25) is 4.79 Å². The zero-order chi connectivity index (χ0) is 15.1. The third-order valence-corrected chi connectivity index (χ3v) is 3.75. The number of amides is 1. The Labute approximate surface area is 126 Å². The molecule has 0 bridgehead atoms. The molecule has 1 N–H and O–H groups in total. The highest BCUT2D eigenvalue weighted by atomic mass is 16.5. The molecule has 1 fully saturated rings. The number of hydrogen-bond acceptors (Lipinski definition) is 3. The number of carbonyl (C=O) groups is 1. The molecule has 1 aromatic rings. The minimum atomic E-state index is -0.0478. The molecule has 21 heavy (non-hydrogen) atoms. The van der Waals surface area contributed by atoms with Crippen molar-refractivity contribution in [1.29, 1.82) is 0 Å². The molecule has 0 unspecified atom stereocenters. The SMILES string of the molecule is CCOc1ccc(C(=O)NC2CCCCC2)c(OCC)c1. The molecule has 116 valence electrons. The van der Waals surface area contributed by atoms with Gasteiger partial charge in [0.25, 0.3) is 5.91 Å². The fraction of sp³-hybridized carbons (Fsp3) is 0.588. The van der Waals surface area contributed by atoms with Crippen LogP contribution < -0.4 is 14.8 Å². The maximum atomic E-state index is 12.4. The summed E-state index contributed by atoms with van der Waals surface area (Å²) in [4.78, 5) is 12.4. The van der Waals surface area contributed by atoms with Gasteiger partial charge in [0, 0.05) is 12.1 Å². The fourth-order valence-corrected chi connectivity index (χ4v) is 2.73. The maximum absolute atomic E-state index is 12.4. The van der Waals surface area contributed by atoms with E-state index < -0.39 is 0 Å². The smallest absolute Gasteiger partial charge is 0.255 e. The minimum Gasteiger partial charge on any atom is -0.494 e. The van der Waals surface area contributed by atoms with Crippen LogP contribution in [-0.2, 0) is 0 Å². The summed E-state index contributed by atoms with van der Waals surface area (Å²) in [7, 11) is 0. The zero-order valence-corrected chi connectivity index (χ0v) is 13.0. The molecule has 0 radical (unpaired) electrons. The van der Waals surface area contributed by atoms with E-state index in [1.165, 1.54) is 19.3 Å². The Morgan fingerprint density at radius 3 is 2.52 bits per heavy atom. The molecule has 0 spiro atoms. The summed E-state index contributed by atoms with van der Waals surface area (Å²) in [6.07, 6.45) is 5.83. The van der Waals surface area contributed by atoms with E-state index in [0.29, 0.717) is 30.6 Å². The van der Waals surface area contributed by atoms with Gasteiger partial charge in [0.05, 0.1) is 18.8 Å². The van der Waals surface area contributed by atoms with Gasteiger partial charge in [-0.2, -0.15) is 0 Å². The van der Waals surface area contributed by atoms with Crippen LogP contribution in [0.1, 0.15) is 56.3 Å². The van der Waals surface area contributed by atoms with Crippen LogP contribution >= 0.6 is 0 Å². The Morgan fingerprint density at radius 1 is 1.14 bits per heavy atom. The highest BCUT2D eigenvalue weighted by Crippen LogP contribution is 2.26. The van der Waals surface area contributed by atoms with Crippen LogP contribution in [0.3, 0.4) is 0 Å². The number of hydrogen-bond donors (Lipinski definition) is 1. The van der Waals surface area contributed by atoms with E-state index in [-0.39, 0.29) is 5.91 Å². The summed E-state index contributed by atoms with van der Waals surface area (Å²) in [6.45, 7) is 4.97. The average molecular weight is 291 g/mol. The van der Waals surface area contributed by atoms with Crippen molar-refractivity contribution in [2.75, 3.05) is 13.2 Å². The summed E-state index contributed by atoms with van der Waals surface area (Å²) < 4.78 is 11.1. The molecule has 4 heteroatoms. The van der Waals surface area contributed by atoms with Gasteiger partial charge < -0.3 is 14.8 Å². The summed E-state index contributed by atoms with van der Waals surface area (Å²) in [5, 5.41) is 3.13. The monoisotopic (exact) mass is 291 g/mol. The van der Waals surface area contributed by atoms with E-state index in [9.17, 15) is 4.79 Å². The largest absolute Gasteiger partial charge is 0.494 e. The molecular weight excluding hydrogens is 266 g/mol. The molecular formula is C17H25NO3. The first-order valence-electron chi connectivity index (χ1n) is 7.95. The van der Waals surface area contributed by atoms with Crippen LogP contribution in [0.2, 0.25) is 0 Å². The third-order valence-electron chi connectivity index (χ3n) is 3.75. The van der Waals surface area contributed by atoms with Crippen molar-refractivity contribution in [2.24, 2.45) is 0 Å². The van der Waals surface area contributed by atoms with E-state index in [0.717, 1.165) is 18.6 Å². The molecule has 1 aliphatic rings. The molecule has 1 aromatic carbocycles. The third kappa shape index (κ3) is 4.38. The first-order valence-corrected chi connectivity index (χ1v) is 7.95. The lowest BCUT2D eigenvalue weighted by Gasteiger charge is -2.23. The lowest BCUT2D eigenvalue weighted by molar-refractivity contribution is 0.0924. The Morgan fingerprint density at radius 2 is 1.86 bits per heavy atom. The normalized spacial score (nSPS) is 15.5. The van der Waals surface area contributed by atoms with E-state index in [1.54, 1.807) is 12.1 Å². The second kappa shape index (κ2) is 7.91. The van der Waals surface area contributed by atoms with Gasteiger partial charge in [-0.25, -0.2) is 0 Å². The zero-order valence-electron chi connectivity index (χ0n) is 13.0. The van der Waals surface area contributed by atoms with Crippen molar-refractivity contribution in [2.45, 2.75) is 52.0 Å². The molecule has 1 saturated carbocycles. The minimum absolute atomic E-state index is 0.0478. The van der Waals surface area contributed by atoms with E-state index in [1.807, 2.05) is 19.9 Å².